The van der Waals surface area contributed by atoms with Crippen LogP contribution in [0.1, 0.15) is 39.0 Å². The van der Waals surface area contributed by atoms with Crippen LogP contribution in [-0.4, -0.2) is 11.2 Å². The third kappa shape index (κ3) is 0.864. The first-order valence-corrected chi connectivity index (χ1v) is 5.59. The zero-order chi connectivity index (χ0) is 9.05. The van der Waals surface area contributed by atoms with Crippen molar-refractivity contribution in [3.05, 3.63) is 11.6 Å². The van der Waals surface area contributed by atoms with Crippen molar-refractivity contribution in [3.8, 4) is 0 Å². The van der Waals surface area contributed by atoms with Crippen LogP contribution in [0.5, 0.6) is 0 Å². The largest absolute Gasteiger partial charge is 0.393 e. The average molecular weight is 178 g/mol. The highest BCUT2D eigenvalue weighted by molar-refractivity contribution is 5.23. The first-order valence-electron chi connectivity index (χ1n) is 5.59. The SMILES string of the molecule is CC1=C[C@@H]2CCC[C@]23C[C@H]1C[C@H]3O. The molecule has 2 fully saturated rings. The quantitative estimate of drug-likeness (QED) is 0.565. The Labute approximate surface area is 79.8 Å². The lowest BCUT2D eigenvalue weighted by Gasteiger charge is -2.36. The number of aliphatic hydroxyl groups is 1. The minimum atomic E-state index is -0.00120. The lowest BCUT2D eigenvalue weighted by atomic mass is 9.70. The van der Waals surface area contributed by atoms with E-state index in [0.717, 1.165) is 6.42 Å². The van der Waals surface area contributed by atoms with Gasteiger partial charge in [0.1, 0.15) is 0 Å². The molecule has 2 saturated carbocycles. The highest BCUT2D eigenvalue weighted by Crippen LogP contribution is 2.60. The average Bonchev–Trinajstić information content (AvgIpc) is 2.60. The number of hydrogen-bond acceptors (Lipinski definition) is 1. The van der Waals surface area contributed by atoms with Gasteiger partial charge in [-0.3, -0.25) is 0 Å². The molecule has 1 spiro atoms. The fourth-order valence-electron chi connectivity index (χ4n) is 4.02. The maximum atomic E-state index is 10.1. The Morgan fingerprint density at radius 2 is 2.38 bits per heavy atom. The van der Waals surface area contributed by atoms with E-state index in [-0.39, 0.29) is 6.10 Å². The molecule has 1 heteroatoms. The third-order valence-corrected chi connectivity index (χ3v) is 4.80. The predicted molar refractivity (Wildman–Crippen MR) is 52.3 cm³/mol. The molecule has 72 valence electrons. The molecule has 0 radical (unpaired) electrons. The Kier molecular flexibility index (Phi) is 1.48. The van der Waals surface area contributed by atoms with Crippen molar-refractivity contribution in [2.75, 3.05) is 0 Å². The summed E-state index contributed by atoms with van der Waals surface area (Å²) in [5.41, 5.74) is 1.88. The van der Waals surface area contributed by atoms with Crippen LogP contribution in [0.2, 0.25) is 0 Å². The van der Waals surface area contributed by atoms with Crippen LogP contribution < -0.4 is 0 Å². The fourth-order valence-corrected chi connectivity index (χ4v) is 4.02. The van der Waals surface area contributed by atoms with Gasteiger partial charge in [-0.25, -0.2) is 0 Å². The van der Waals surface area contributed by atoms with Gasteiger partial charge in [-0.05, 0) is 44.4 Å². The summed E-state index contributed by atoms with van der Waals surface area (Å²) in [5, 5.41) is 10.1. The number of aliphatic hydroxyl groups excluding tert-OH is 1. The van der Waals surface area contributed by atoms with E-state index in [1.807, 2.05) is 0 Å². The second-order valence-corrected chi connectivity index (χ2v) is 5.30. The fraction of sp³-hybridized carbons (Fsp3) is 0.833. The Morgan fingerprint density at radius 3 is 3.23 bits per heavy atom. The van der Waals surface area contributed by atoms with E-state index >= 15 is 0 Å². The molecule has 4 atom stereocenters. The molecule has 1 nitrogen and oxygen atoms in total. The lowest BCUT2D eigenvalue weighted by Crippen LogP contribution is -2.33. The Bertz CT molecular complexity index is 268. The molecular formula is C12H18O. The van der Waals surface area contributed by atoms with Crippen molar-refractivity contribution in [3.63, 3.8) is 0 Å². The zero-order valence-corrected chi connectivity index (χ0v) is 8.29. The summed E-state index contributed by atoms with van der Waals surface area (Å²) in [7, 11) is 0. The minimum Gasteiger partial charge on any atom is -0.393 e. The molecule has 2 bridgehead atoms. The molecule has 0 unspecified atom stereocenters. The first kappa shape index (κ1) is 8.05. The lowest BCUT2D eigenvalue weighted by molar-refractivity contribution is 0.0358. The number of allylic oxidation sites excluding steroid dienone is 2. The molecule has 0 saturated heterocycles. The van der Waals surface area contributed by atoms with Gasteiger partial charge < -0.3 is 5.11 Å². The second kappa shape index (κ2) is 2.38. The molecule has 0 aromatic rings. The molecule has 3 aliphatic carbocycles. The normalized spacial score (nSPS) is 53.4. The van der Waals surface area contributed by atoms with E-state index in [2.05, 4.69) is 13.0 Å². The zero-order valence-electron chi connectivity index (χ0n) is 8.29. The molecular weight excluding hydrogens is 160 g/mol. The van der Waals surface area contributed by atoms with E-state index in [1.165, 1.54) is 25.7 Å². The first-order chi connectivity index (χ1) is 6.22. The maximum absolute atomic E-state index is 10.1. The summed E-state index contributed by atoms with van der Waals surface area (Å²) in [5.74, 6) is 1.42. The van der Waals surface area contributed by atoms with Crippen molar-refractivity contribution in [2.45, 2.75) is 45.1 Å². The van der Waals surface area contributed by atoms with Crippen LogP contribution in [-0.2, 0) is 0 Å². The van der Waals surface area contributed by atoms with Crippen molar-refractivity contribution < 1.29 is 5.11 Å². The van der Waals surface area contributed by atoms with Gasteiger partial charge in [-0.1, -0.05) is 18.1 Å². The minimum absolute atomic E-state index is 0.00120. The second-order valence-electron chi connectivity index (χ2n) is 5.30. The summed E-state index contributed by atoms with van der Waals surface area (Å²) < 4.78 is 0. The summed E-state index contributed by atoms with van der Waals surface area (Å²) in [6.07, 6.45) is 8.72. The highest BCUT2D eigenvalue weighted by Gasteiger charge is 2.55. The van der Waals surface area contributed by atoms with Crippen LogP contribution in [0, 0.1) is 17.3 Å². The van der Waals surface area contributed by atoms with Gasteiger partial charge in [0.05, 0.1) is 6.10 Å². The van der Waals surface area contributed by atoms with Gasteiger partial charge in [0.2, 0.25) is 0 Å². The molecule has 13 heavy (non-hydrogen) atoms. The summed E-state index contributed by atoms with van der Waals surface area (Å²) in [4.78, 5) is 0. The van der Waals surface area contributed by atoms with Gasteiger partial charge in [0.15, 0.2) is 0 Å². The Morgan fingerprint density at radius 1 is 1.54 bits per heavy atom. The molecule has 0 amide bonds. The monoisotopic (exact) mass is 178 g/mol. The Hall–Kier alpha value is -0.300. The van der Waals surface area contributed by atoms with Crippen molar-refractivity contribution in [1.82, 2.24) is 0 Å². The van der Waals surface area contributed by atoms with Crippen molar-refractivity contribution in [1.29, 1.82) is 0 Å². The predicted octanol–water partition coefficient (Wildman–Crippen LogP) is 2.50. The van der Waals surface area contributed by atoms with Gasteiger partial charge >= 0.3 is 0 Å². The van der Waals surface area contributed by atoms with Crippen LogP contribution in [0.15, 0.2) is 11.6 Å². The number of fused-ring (bicyclic) bond motifs is 1. The Balaban J connectivity index is 2.06. The van der Waals surface area contributed by atoms with Crippen LogP contribution in [0.3, 0.4) is 0 Å². The maximum Gasteiger partial charge on any atom is 0.0608 e. The van der Waals surface area contributed by atoms with Crippen molar-refractivity contribution >= 4 is 0 Å². The van der Waals surface area contributed by atoms with Crippen LogP contribution >= 0.6 is 0 Å². The molecule has 3 rings (SSSR count). The van der Waals surface area contributed by atoms with E-state index in [0.29, 0.717) is 17.3 Å². The molecule has 3 aliphatic rings. The third-order valence-electron chi connectivity index (χ3n) is 4.80. The molecule has 0 aromatic heterocycles. The van der Waals surface area contributed by atoms with E-state index in [1.54, 1.807) is 5.57 Å². The van der Waals surface area contributed by atoms with Crippen LogP contribution in [0.4, 0.5) is 0 Å². The van der Waals surface area contributed by atoms with Gasteiger partial charge in [0, 0.05) is 5.41 Å². The molecule has 0 aliphatic heterocycles. The summed E-state index contributed by atoms with van der Waals surface area (Å²) in [6, 6.07) is 0. The number of hydrogen-bond donors (Lipinski definition) is 1. The van der Waals surface area contributed by atoms with Crippen molar-refractivity contribution in [2.24, 2.45) is 17.3 Å². The molecule has 0 heterocycles. The van der Waals surface area contributed by atoms with Crippen LogP contribution in [0.25, 0.3) is 0 Å². The molecule has 0 aromatic carbocycles. The smallest absolute Gasteiger partial charge is 0.0608 e. The summed E-state index contributed by atoms with van der Waals surface area (Å²) in [6.45, 7) is 2.25. The van der Waals surface area contributed by atoms with Gasteiger partial charge in [-0.2, -0.15) is 0 Å². The standard InChI is InChI=1S/C12H18O/c1-8-5-10-3-2-4-12(10)7-9(8)6-11(12)13/h5,9-11,13H,2-4,6-7H2,1H3/t9-,10+,11-,12+/m1/s1. The van der Waals surface area contributed by atoms with Gasteiger partial charge in [0.25, 0.3) is 0 Å². The highest BCUT2D eigenvalue weighted by atomic mass is 16.3. The topological polar surface area (TPSA) is 20.2 Å². The van der Waals surface area contributed by atoms with E-state index in [9.17, 15) is 5.11 Å². The summed E-state index contributed by atoms with van der Waals surface area (Å²) >= 11 is 0. The van der Waals surface area contributed by atoms with E-state index < -0.39 is 0 Å². The molecule has 1 N–H and O–H groups in total. The van der Waals surface area contributed by atoms with Gasteiger partial charge in [-0.15, -0.1) is 0 Å². The number of rotatable bonds is 0. The van der Waals surface area contributed by atoms with E-state index in [4.69, 9.17) is 0 Å².